The summed E-state index contributed by atoms with van der Waals surface area (Å²) < 4.78 is 18.7. The number of allylic oxidation sites excluding steroid dienone is 2. The average Bonchev–Trinajstić information content (AvgIpc) is 3.26. The average molecular weight is 489 g/mol. The number of nitrogens with zero attached hydrogens (tertiary/aromatic N) is 3. The molecular weight excluding hydrogens is 456 g/mol. The Morgan fingerprint density at radius 2 is 1.64 bits per heavy atom. The third-order valence-electron chi connectivity index (χ3n) is 7.13. The summed E-state index contributed by atoms with van der Waals surface area (Å²) in [6.07, 6.45) is 1.18. The van der Waals surface area contributed by atoms with Crippen LogP contribution < -0.4 is 19.5 Å². The van der Waals surface area contributed by atoms with Crippen molar-refractivity contribution in [3.63, 3.8) is 0 Å². The van der Waals surface area contributed by atoms with E-state index in [2.05, 4.69) is 45.1 Å². The molecule has 2 aromatic carbocycles. The predicted octanol–water partition coefficient (Wildman–Crippen LogP) is 5.25. The molecule has 3 aromatic rings. The van der Waals surface area contributed by atoms with Gasteiger partial charge in [-0.3, -0.25) is 4.79 Å². The number of Topliss-reactive ketones (excluding diaryl/α,β-unsaturated/α-hetero) is 1. The van der Waals surface area contributed by atoms with E-state index in [0.29, 0.717) is 41.0 Å². The van der Waals surface area contributed by atoms with E-state index in [-0.39, 0.29) is 11.2 Å². The topological polar surface area (TPSA) is 87.5 Å². The van der Waals surface area contributed by atoms with Gasteiger partial charge in [-0.25, -0.2) is 4.68 Å². The second-order valence-corrected chi connectivity index (χ2v) is 10.3. The van der Waals surface area contributed by atoms with Gasteiger partial charge in [0.15, 0.2) is 23.1 Å². The monoisotopic (exact) mass is 488 g/mol. The normalized spacial score (nSPS) is 18.3. The van der Waals surface area contributed by atoms with Crippen LogP contribution in [0.1, 0.15) is 49.4 Å². The molecule has 36 heavy (non-hydrogen) atoms. The van der Waals surface area contributed by atoms with Crippen LogP contribution in [0, 0.1) is 19.3 Å². The third-order valence-corrected chi connectivity index (χ3v) is 7.13. The number of fused-ring (bicyclic) bond motifs is 1. The second-order valence-electron chi connectivity index (χ2n) is 10.3. The number of methoxy groups -OCH3 is 3. The molecule has 0 fully saturated rings. The van der Waals surface area contributed by atoms with Crippen LogP contribution in [0.2, 0.25) is 0 Å². The quantitative estimate of drug-likeness (QED) is 0.525. The molecule has 5 rings (SSSR count). The number of rotatable bonds is 5. The zero-order valence-electron chi connectivity index (χ0n) is 21.9. The first kappa shape index (κ1) is 23.9. The van der Waals surface area contributed by atoms with Gasteiger partial charge in [0.1, 0.15) is 11.8 Å². The number of aryl methyl sites for hydroxylation is 2. The fraction of sp³-hybridized carbons (Fsp3) is 0.393. The maximum absolute atomic E-state index is 13.6. The van der Waals surface area contributed by atoms with E-state index >= 15 is 0 Å². The molecular formula is C28H32N4O4. The predicted molar refractivity (Wildman–Crippen MR) is 138 cm³/mol. The minimum absolute atomic E-state index is 0.0875. The molecule has 8 nitrogen and oxygen atoms in total. The number of carbonyl (C=O) groups is 1. The summed E-state index contributed by atoms with van der Waals surface area (Å²) in [7, 11) is 4.78. The van der Waals surface area contributed by atoms with E-state index in [1.165, 1.54) is 11.1 Å². The van der Waals surface area contributed by atoms with Crippen molar-refractivity contribution in [2.24, 2.45) is 5.41 Å². The molecule has 1 aliphatic heterocycles. The number of nitrogens with one attached hydrogen (secondary N) is 1. The van der Waals surface area contributed by atoms with Gasteiger partial charge in [-0.15, -0.1) is 5.10 Å². The molecule has 1 unspecified atom stereocenters. The maximum atomic E-state index is 13.6. The fourth-order valence-corrected chi connectivity index (χ4v) is 5.17. The lowest BCUT2D eigenvalue weighted by molar-refractivity contribution is -0.118. The van der Waals surface area contributed by atoms with Crippen LogP contribution in [0.25, 0.3) is 11.4 Å². The molecule has 2 heterocycles. The highest BCUT2D eigenvalue weighted by Crippen LogP contribution is 2.49. The summed E-state index contributed by atoms with van der Waals surface area (Å²) in [5.74, 6) is 2.95. The van der Waals surface area contributed by atoms with Crippen molar-refractivity contribution in [1.82, 2.24) is 14.8 Å². The number of carbonyl (C=O) groups excluding carboxylic acids is 1. The van der Waals surface area contributed by atoms with E-state index in [1.54, 1.807) is 32.1 Å². The maximum Gasteiger partial charge on any atom is 0.226 e. The molecule has 0 radical (unpaired) electrons. The first-order valence-electron chi connectivity index (χ1n) is 12.0. The molecule has 0 bridgehead atoms. The molecule has 1 aromatic heterocycles. The smallest absolute Gasteiger partial charge is 0.226 e. The molecule has 0 saturated heterocycles. The number of hydrogen-bond acceptors (Lipinski definition) is 7. The van der Waals surface area contributed by atoms with Gasteiger partial charge in [0.05, 0.1) is 21.3 Å². The van der Waals surface area contributed by atoms with Gasteiger partial charge in [-0.05, 0) is 48.9 Å². The Balaban J connectivity index is 1.74. The van der Waals surface area contributed by atoms with Crippen LogP contribution >= 0.6 is 0 Å². The van der Waals surface area contributed by atoms with Crippen molar-refractivity contribution >= 4 is 11.7 Å². The summed E-state index contributed by atoms with van der Waals surface area (Å²) >= 11 is 0. The summed E-state index contributed by atoms with van der Waals surface area (Å²) in [6, 6.07) is 9.31. The first-order chi connectivity index (χ1) is 17.2. The van der Waals surface area contributed by atoms with E-state index in [9.17, 15) is 4.79 Å². The van der Waals surface area contributed by atoms with Crippen LogP contribution in [0.15, 0.2) is 41.6 Å². The first-order valence-corrected chi connectivity index (χ1v) is 12.0. The highest BCUT2D eigenvalue weighted by atomic mass is 16.5. The molecule has 1 aliphatic carbocycles. The number of aromatic nitrogens is 3. The molecule has 0 amide bonds. The molecule has 1 atom stereocenters. The molecule has 2 aliphatic rings. The minimum atomic E-state index is -0.526. The second kappa shape index (κ2) is 8.69. The van der Waals surface area contributed by atoms with Crippen molar-refractivity contribution in [2.45, 2.75) is 46.6 Å². The van der Waals surface area contributed by atoms with Crippen LogP contribution in [-0.2, 0) is 4.79 Å². The molecule has 188 valence electrons. The lowest BCUT2D eigenvalue weighted by atomic mass is 9.73. The zero-order valence-corrected chi connectivity index (χ0v) is 21.9. The van der Waals surface area contributed by atoms with Crippen LogP contribution in [0.4, 0.5) is 5.95 Å². The summed E-state index contributed by atoms with van der Waals surface area (Å²) in [6.45, 7) is 8.38. The summed E-state index contributed by atoms with van der Waals surface area (Å²) in [4.78, 5) is 18.5. The zero-order chi connectivity index (χ0) is 25.8. The van der Waals surface area contributed by atoms with Gasteiger partial charge in [-0.1, -0.05) is 26.0 Å². The number of ketones is 1. The molecule has 0 saturated carbocycles. The van der Waals surface area contributed by atoms with Crippen molar-refractivity contribution in [3.05, 3.63) is 58.3 Å². The van der Waals surface area contributed by atoms with Gasteiger partial charge in [0, 0.05) is 34.9 Å². The number of benzene rings is 2. The van der Waals surface area contributed by atoms with Gasteiger partial charge >= 0.3 is 0 Å². The third kappa shape index (κ3) is 3.90. The molecule has 8 heteroatoms. The van der Waals surface area contributed by atoms with Gasteiger partial charge in [0.25, 0.3) is 0 Å². The molecule has 0 spiro atoms. The van der Waals surface area contributed by atoms with Crippen molar-refractivity contribution in [1.29, 1.82) is 0 Å². The largest absolute Gasteiger partial charge is 0.496 e. The minimum Gasteiger partial charge on any atom is -0.496 e. The Hall–Kier alpha value is -3.81. The Bertz CT molecular complexity index is 1400. The Kier molecular flexibility index (Phi) is 5.77. The van der Waals surface area contributed by atoms with E-state index in [4.69, 9.17) is 24.3 Å². The lowest BCUT2D eigenvalue weighted by Crippen LogP contribution is -2.36. The van der Waals surface area contributed by atoms with Crippen LogP contribution in [0.3, 0.4) is 0 Å². The van der Waals surface area contributed by atoms with Crippen LogP contribution in [-0.4, -0.2) is 41.9 Å². The van der Waals surface area contributed by atoms with E-state index < -0.39 is 6.04 Å². The summed E-state index contributed by atoms with van der Waals surface area (Å²) in [5.41, 5.74) is 5.46. The molecule has 1 N–H and O–H groups in total. The highest BCUT2D eigenvalue weighted by Gasteiger charge is 2.43. The Morgan fingerprint density at radius 3 is 2.31 bits per heavy atom. The van der Waals surface area contributed by atoms with Gasteiger partial charge < -0.3 is 19.5 Å². The van der Waals surface area contributed by atoms with Crippen molar-refractivity contribution in [3.8, 4) is 28.6 Å². The van der Waals surface area contributed by atoms with E-state index in [0.717, 1.165) is 23.2 Å². The van der Waals surface area contributed by atoms with Crippen LogP contribution in [0.5, 0.6) is 17.2 Å². The van der Waals surface area contributed by atoms with Crippen molar-refractivity contribution in [2.75, 3.05) is 26.6 Å². The SMILES string of the molecule is COc1cc(OC)c(C2C3=C(CC(C)(C)CC3=O)Nc3nc(-c4ccc(C)c(C)c4)nn32)cc1OC. The standard InChI is InChI=1S/C28H32N4O4/c1-15-8-9-17(10-16(15)2)26-30-27-29-19-13-28(3,4)14-20(33)24(19)25(32(27)31-26)18-11-22(35-6)23(36-7)12-21(18)34-5/h8-12,25H,13-14H2,1-7H3,(H,29,30,31). The summed E-state index contributed by atoms with van der Waals surface area (Å²) in [5, 5.41) is 8.35. The fourth-order valence-electron chi connectivity index (χ4n) is 5.17. The number of hydrogen-bond donors (Lipinski definition) is 1. The Morgan fingerprint density at radius 1 is 0.944 bits per heavy atom. The highest BCUT2D eigenvalue weighted by molar-refractivity contribution is 6.00. The van der Waals surface area contributed by atoms with E-state index in [1.807, 2.05) is 12.1 Å². The van der Waals surface area contributed by atoms with Gasteiger partial charge in [-0.2, -0.15) is 4.98 Å². The number of anilines is 1. The Labute approximate surface area is 211 Å². The number of ether oxygens (including phenoxy) is 3. The van der Waals surface area contributed by atoms with Gasteiger partial charge in [0.2, 0.25) is 5.95 Å². The van der Waals surface area contributed by atoms with Crippen molar-refractivity contribution < 1.29 is 19.0 Å². The lowest BCUT2D eigenvalue weighted by Gasteiger charge is -2.38.